The van der Waals surface area contributed by atoms with Crippen LogP contribution in [0.15, 0.2) is 48.5 Å². The molecule has 1 amide bonds. The van der Waals surface area contributed by atoms with E-state index in [2.05, 4.69) is 12.1 Å². The van der Waals surface area contributed by atoms with Crippen molar-refractivity contribution in [1.82, 2.24) is 4.90 Å². The zero-order valence-corrected chi connectivity index (χ0v) is 14.1. The van der Waals surface area contributed by atoms with E-state index >= 15 is 0 Å². The molecule has 0 spiro atoms. The number of hydrogen-bond donors (Lipinski definition) is 0. The van der Waals surface area contributed by atoms with Gasteiger partial charge in [-0.1, -0.05) is 30.3 Å². The van der Waals surface area contributed by atoms with Crippen LogP contribution in [-0.2, 0) is 0 Å². The lowest BCUT2D eigenvalue weighted by molar-refractivity contribution is -0.384. The summed E-state index contributed by atoms with van der Waals surface area (Å²) in [5.74, 6) is 0.588. The number of amides is 1. The number of methoxy groups -OCH3 is 1. The van der Waals surface area contributed by atoms with Crippen LogP contribution in [0.25, 0.3) is 0 Å². The number of ether oxygens (including phenoxy) is 1. The van der Waals surface area contributed by atoms with Crippen LogP contribution in [0.4, 0.5) is 5.69 Å². The molecule has 0 saturated carbocycles. The maximum atomic E-state index is 12.8. The van der Waals surface area contributed by atoms with Crippen molar-refractivity contribution in [1.29, 1.82) is 0 Å². The summed E-state index contributed by atoms with van der Waals surface area (Å²) in [5, 5.41) is 11.0. The average molecular weight is 340 g/mol. The second-order valence-corrected chi connectivity index (χ2v) is 6.12. The quantitative estimate of drug-likeness (QED) is 0.629. The summed E-state index contributed by atoms with van der Waals surface area (Å²) < 4.78 is 5.21. The van der Waals surface area contributed by atoms with Crippen molar-refractivity contribution in [2.45, 2.75) is 18.8 Å². The molecule has 1 aliphatic heterocycles. The number of piperidine rings is 1. The van der Waals surface area contributed by atoms with Gasteiger partial charge in [0.2, 0.25) is 0 Å². The molecule has 0 radical (unpaired) electrons. The summed E-state index contributed by atoms with van der Waals surface area (Å²) in [6.07, 6.45) is 1.76. The highest BCUT2D eigenvalue weighted by molar-refractivity contribution is 5.97. The number of hydrogen-bond acceptors (Lipinski definition) is 4. The number of nitrogens with zero attached hydrogens (tertiary/aromatic N) is 2. The monoisotopic (exact) mass is 340 g/mol. The van der Waals surface area contributed by atoms with Crippen molar-refractivity contribution in [2.24, 2.45) is 0 Å². The molecule has 6 nitrogen and oxygen atoms in total. The van der Waals surface area contributed by atoms with Crippen molar-refractivity contribution in [3.05, 3.63) is 69.8 Å². The van der Waals surface area contributed by atoms with Gasteiger partial charge in [0.1, 0.15) is 5.75 Å². The Kier molecular flexibility index (Phi) is 4.97. The molecule has 1 heterocycles. The van der Waals surface area contributed by atoms with E-state index in [1.807, 2.05) is 18.2 Å². The molecule has 2 aromatic rings. The normalized spacial score (nSPS) is 15.0. The number of carbonyl (C=O) groups is 1. The van der Waals surface area contributed by atoms with E-state index in [1.165, 1.54) is 30.9 Å². The molecule has 0 bridgehead atoms. The van der Waals surface area contributed by atoms with E-state index in [9.17, 15) is 14.9 Å². The Morgan fingerprint density at radius 1 is 1.16 bits per heavy atom. The maximum absolute atomic E-state index is 12.8. The summed E-state index contributed by atoms with van der Waals surface area (Å²) in [4.78, 5) is 25.1. The third-order valence-corrected chi connectivity index (χ3v) is 4.68. The Bertz CT molecular complexity index is 768. The van der Waals surface area contributed by atoms with Gasteiger partial charge in [-0.25, -0.2) is 0 Å². The van der Waals surface area contributed by atoms with Crippen LogP contribution in [0.1, 0.15) is 34.7 Å². The van der Waals surface area contributed by atoms with Gasteiger partial charge in [-0.2, -0.15) is 0 Å². The standard InChI is InChI=1S/C19H20N2O4/c1-25-18-8-7-16(21(23)24)13-17(18)19(22)20-11-9-15(10-12-20)14-5-3-2-4-6-14/h2-8,13,15H,9-12H2,1H3. The second kappa shape index (κ2) is 7.34. The molecule has 0 unspecified atom stereocenters. The summed E-state index contributed by atoms with van der Waals surface area (Å²) in [6, 6.07) is 14.4. The lowest BCUT2D eigenvalue weighted by Gasteiger charge is -2.32. The van der Waals surface area contributed by atoms with Crippen LogP contribution in [-0.4, -0.2) is 35.9 Å². The fourth-order valence-corrected chi connectivity index (χ4v) is 3.29. The highest BCUT2D eigenvalue weighted by atomic mass is 16.6. The number of non-ortho nitro benzene ring substituents is 1. The van der Waals surface area contributed by atoms with Crippen molar-refractivity contribution < 1.29 is 14.5 Å². The number of carbonyl (C=O) groups excluding carboxylic acids is 1. The Morgan fingerprint density at radius 2 is 1.84 bits per heavy atom. The summed E-state index contributed by atoms with van der Waals surface area (Å²) in [5.41, 5.74) is 1.43. The molecule has 2 aromatic carbocycles. The van der Waals surface area contributed by atoms with Gasteiger partial charge in [0.05, 0.1) is 17.6 Å². The molecule has 25 heavy (non-hydrogen) atoms. The van der Waals surface area contributed by atoms with Gasteiger partial charge in [0.15, 0.2) is 0 Å². The molecule has 1 fully saturated rings. The largest absolute Gasteiger partial charge is 0.496 e. The van der Waals surface area contributed by atoms with Crippen LogP contribution in [0.3, 0.4) is 0 Å². The zero-order chi connectivity index (χ0) is 17.8. The molecule has 1 aliphatic rings. The lowest BCUT2D eigenvalue weighted by atomic mass is 9.89. The van der Waals surface area contributed by atoms with Crippen molar-refractivity contribution in [3.63, 3.8) is 0 Å². The van der Waals surface area contributed by atoms with E-state index in [4.69, 9.17) is 4.74 Å². The van der Waals surface area contributed by atoms with Crippen LogP contribution < -0.4 is 4.74 Å². The number of nitro benzene ring substituents is 1. The Morgan fingerprint density at radius 3 is 2.44 bits per heavy atom. The number of nitro groups is 1. The zero-order valence-electron chi connectivity index (χ0n) is 14.1. The van der Waals surface area contributed by atoms with E-state index in [0.717, 1.165) is 12.8 Å². The summed E-state index contributed by atoms with van der Waals surface area (Å²) in [6.45, 7) is 1.26. The van der Waals surface area contributed by atoms with Crippen molar-refractivity contribution in [2.75, 3.05) is 20.2 Å². The van der Waals surface area contributed by atoms with Crippen LogP contribution >= 0.6 is 0 Å². The molecule has 0 N–H and O–H groups in total. The lowest BCUT2D eigenvalue weighted by Crippen LogP contribution is -2.38. The first-order chi connectivity index (χ1) is 12.1. The van der Waals surface area contributed by atoms with Gasteiger partial charge in [-0.05, 0) is 30.4 Å². The van der Waals surface area contributed by atoms with E-state index in [1.54, 1.807) is 4.90 Å². The predicted molar refractivity (Wildman–Crippen MR) is 94.0 cm³/mol. The van der Waals surface area contributed by atoms with E-state index in [-0.39, 0.29) is 17.2 Å². The molecule has 0 aromatic heterocycles. The van der Waals surface area contributed by atoms with Gasteiger partial charge in [0, 0.05) is 25.2 Å². The first-order valence-electron chi connectivity index (χ1n) is 8.27. The van der Waals surface area contributed by atoms with Crippen LogP contribution in [0.5, 0.6) is 5.75 Å². The molecule has 6 heteroatoms. The Hall–Kier alpha value is -2.89. The summed E-state index contributed by atoms with van der Waals surface area (Å²) >= 11 is 0. The minimum Gasteiger partial charge on any atom is -0.496 e. The van der Waals surface area contributed by atoms with Crippen LogP contribution in [0, 0.1) is 10.1 Å². The van der Waals surface area contributed by atoms with Gasteiger partial charge in [-0.3, -0.25) is 14.9 Å². The van der Waals surface area contributed by atoms with Crippen molar-refractivity contribution >= 4 is 11.6 Å². The first kappa shape index (κ1) is 17.0. The number of rotatable bonds is 4. The maximum Gasteiger partial charge on any atom is 0.270 e. The van der Waals surface area contributed by atoms with E-state index in [0.29, 0.717) is 24.8 Å². The minimum atomic E-state index is -0.502. The van der Waals surface area contributed by atoms with Gasteiger partial charge < -0.3 is 9.64 Å². The Labute approximate surface area is 146 Å². The third kappa shape index (κ3) is 3.63. The van der Waals surface area contributed by atoms with E-state index < -0.39 is 4.92 Å². The number of benzene rings is 2. The highest BCUT2D eigenvalue weighted by Crippen LogP contribution is 2.30. The Balaban J connectivity index is 1.74. The third-order valence-electron chi connectivity index (χ3n) is 4.68. The molecule has 0 aliphatic carbocycles. The topological polar surface area (TPSA) is 72.7 Å². The van der Waals surface area contributed by atoms with Crippen molar-refractivity contribution in [3.8, 4) is 5.75 Å². The molecular weight excluding hydrogens is 320 g/mol. The van der Waals surface area contributed by atoms with Gasteiger partial charge in [0.25, 0.3) is 11.6 Å². The second-order valence-electron chi connectivity index (χ2n) is 6.12. The van der Waals surface area contributed by atoms with Gasteiger partial charge >= 0.3 is 0 Å². The van der Waals surface area contributed by atoms with Crippen LogP contribution in [0.2, 0.25) is 0 Å². The fourth-order valence-electron chi connectivity index (χ4n) is 3.29. The average Bonchev–Trinajstić information content (AvgIpc) is 2.67. The first-order valence-corrected chi connectivity index (χ1v) is 8.27. The molecule has 3 rings (SSSR count). The molecule has 0 atom stereocenters. The minimum absolute atomic E-state index is 0.108. The SMILES string of the molecule is COc1ccc([N+](=O)[O-])cc1C(=O)N1CCC(c2ccccc2)CC1. The smallest absolute Gasteiger partial charge is 0.270 e. The molecular formula is C19H20N2O4. The number of likely N-dealkylation sites (tertiary alicyclic amines) is 1. The molecule has 130 valence electrons. The molecule has 1 saturated heterocycles. The fraction of sp³-hybridized carbons (Fsp3) is 0.316. The highest BCUT2D eigenvalue weighted by Gasteiger charge is 2.27. The summed E-state index contributed by atoms with van der Waals surface area (Å²) in [7, 11) is 1.46. The predicted octanol–water partition coefficient (Wildman–Crippen LogP) is 3.62. The van der Waals surface area contributed by atoms with Gasteiger partial charge in [-0.15, -0.1) is 0 Å².